The van der Waals surface area contributed by atoms with Gasteiger partial charge in [-0.05, 0) is 19.0 Å². The van der Waals surface area contributed by atoms with Crippen molar-refractivity contribution in [2.45, 2.75) is 18.9 Å². The Kier molecular flexibility index (Phi) is 7.63. The first-order chi connectivity index (χ1) is 8.46. The molecule has 0 aromatic carbocycles. The van der Waals surface area contributed by atoms with Crippen LogP contribution in [0, 0.1) is 0 Å². The maximum atomic E-state index is 11.2. The van der Waals surface area contributed by atoms with Crippen molar-refractivity contribution in [2.24, 2.45) is 0 Å². The number of likely N-dealkylation sites (N-methyl/N-ethyl adjacent to an activating group) is 1. The molecule has 4 nitrogen and oxygen atoms in total. The summed E-state index contributed by atoms with van der Waals surface area (Å²) < 4.78 is 0. The van der Waals surface area contributed by atoms with E-state index in [1.165, 1.54) is 0 Å². The number of amides is 1. The van der Waals surface area contributed by atoms with E-state index in [0.29, 0.717) is 36.8 Å². The van der Waals surface area contributed by atoms with Gasteiger partial charge in [-0.15, -0.1) is 6.58 Å². The third-order valence-electron chi connectivity index (χ3n) is 2.82. The molecule has 0 heterocycles. The van der Waals surface area contributed by atoms with Crippen LogP contribution >= 0.6 is 0 Å². The zero-order valence-corrected chi connectivity index (χ0v) is 11.2. The Labute approximate surface area is 109 Å². The van der Waals surface area contributed by atoms with Gasteiger partial charge in [-0.1, -0.05) is 19.2 Å². The van der Waals surface area contributed by atoms with Crippen LogP contribution in [-0.2, 0) is 9.59 Å². The number of aldehydes is 1. The van der Waals surface area contributed by atoms with Gasteiger partial charge in [0, 0.05) is 31.6 Å². The summed E-state index contributed by atoms with van der Waals surface area (Å²) in [4.78, 5) is 23.8. The second-order valence-electron chi connectivity index (χ2n) is 4.18. The molecular weight excluding hydrogens is 228 g/mol. The van der Waals surface area contributed by atoms with Gasteiger partial charge in [0.05, 0.1) is 0 Å². The van der Waals surface area contributed by atoms with Crippen LogP contribution in [0.4, 0.5) is 0 Å². The lowest BCUT2D eigenvalue weighted by atomic mass is 10.1. The molecular formula is C14H22N2O2. The van der Waals surface area contributed by atoms with Crippen LogP contribution in [0.25, 0.3) is 0 Å². The van der Waals surface area contributed by atoms with E-state index in [2.05, 4.69) is 25.1 Å². The van der Waals surface area contributed by atoms with Gasteiger partial charge in [-0.25, -0.2) is 0 Å². The highest BCUT2D eigenvalue weighted by atomic mass is 16.1. The average Bonchev–Trinajstić information content (AvgIpc) is 2.37. The summed E-state index contributed by atoms with van der Waals surface area (Å²) >= 11 is 0. The predicted octanol–water partition coefficient (Wildman–Crippen LogP) is 1.31. The van der Waals surface area contributed by atoms with E-state index in [1.807, 2.05) is 11.9 Å². The topological polar surface area (TPSA) is 49.4 Å². The molecule has 0 fully saturated rings. The van der Waals surface area contributed by atoms with Crippen molar-refractivity contribution in [2.75, 3.05) is 20.6 Å². The zero-order chi connectivity index (χ0) is 14.1. The number of hydrogen-bond acceptors (Lipinski definition) is 3. The summed E-state index contributed by atoms with van der Waals surface area (Å²) in [6, 6.07) is 0.0681. The average molecular weight is 250 g/mol. The molecule has 4 heteroatoms. The fourth-order valence-electron chi connectivity index (χ4n) is 1.53. The number of nitrogens with one attached hydrogen (secondary N) is 1. The highest BCUT2D eigenvalue weighted by molar-refractivity contribution is 5.78. The highest BCUT2D eigenvalue weighted by Crippen LogP contribution is 2.11. The molecule has 18 heavy (non-hydrogen) atoms. The van der Waals surface area contributed by atoms with Crippen LogP contribution in [0.3, 0.4) is 0 Å². The van der Waals surface area contributed by atoms with Crippen molar-refractivity contribution in [1.82, 2.24) is 10.2 Å². The van der Waals surface area contributed by atoms with E-state index in [0.717, 1.165) is 0 Å². The maximum absolute atomic E-state index is 11.2. The molecule has 100 valence electrons. The van der Waals surface area contributed by atoms with Gasteiger partial charge >= 0.3 is 0 Å². The Bertz CT molecular complexity index is 348. The molecule has 1 atom stereocenters. The Morgan fingerprint density at radius 3 is 2.50 bits per heavy atom. The van der Waals surface area contributed by atoms with Crippen LogP contribution in [0.15, 0.2) is 37.0 Å². The lowest BCUT2D eigenvalue weighted by Gasteiger charge is -2.26. The molecule has 1 N–H and O–H groups in total. The van der Waals surface area contributed by atoms with Crippen LogP contribution < -0.4 is 5.32 Å². The summed E-state index contributed by atoms with van der Waals surface area (Å²) in [7, 11) is 3.52. The van der Waals surface area contributed by atoms with Gasteiger partial charge in [0.1, 0.15) is 6.29 Å². The molecule has 0 aliphatic heterocycles. The number of carbonyl (C=O) groups is 2. The highest BCUT2D eigenvalue weighted by Gasteiger charge is 2.14. The summed E-state index contributed by atoms with van der Waals surface area (Å²) in [6.45, 7) is 11.7. The minimum Gasteiger partial charge on any atom is -0.359 e. The van der Waals surface area contributed by atoms with Crippen molar-refractivity contribution in [3.63, 3.8) is 0 Å². The van der Waals surface area contributed by atoms with Gasteiger partial charge < -0.3 is 5.32 Å². The predicted molar refractivity (Wildman–Crippen MR) is 74.3 cm³/mol. The smallest absolute Gasteiger partial charge is 0.219 e. The van der Waals surface area contributed by atoms with Crippen molar-refractivity contribution >= 4 is 12.2 Å². The molecule has 0 radical (unpaired) electrons. The SMILES string of the molecule is C=CC(CCC(=O)NC)N(C)CC(=C)C(=C)C=O. The van der Waals surface area contributed by atoms with Crippen LogP contribution in [0.1, 0.15) is 12.8 Å². The fraction of sp³-hybridized carbons (Fsp3) is 0.429. The molecule has 1 amide bonds. The van der Waals surface area contributed by atoms with E-state index in [9.17, 15) is 9.59 Å². The minimum atomic E-state index is 0.00591. The third-order valence-corrected chi connectivity index (χ3v) is 2.82. The molecule has 1 unspecified atom stereocenters. The second-order valence-corrected chi connectivity index (χ2v) is 4.18. The number of nitrogens with zero attached hydrogens (tertiary/aromatic N) is 1. The summed E-state index contributed by atoms with van der Waals surface area (Å²) in [6.07, 6.45) is 3.61. The lowest BCUT2D eigenvalue weighted by molar-refractivity contribution is -0.120. The molecule has 0 spiro atoms. The van der Waals surface area contributed by atoms with Crippen molar-refractivity contribution in [1.29, 1.82) is 0 Å². The first-order valence-electron chi connectivity index (χ1n) is 5.81. The van der Waals surface area contributed by atoms with Gasteiger partial charge in [0.25, 0.3) is 0 Å². The molecule has 0 rings (SSSR count). The van der Waals surface area contributed by atoms with Crippen molar-refractivity contribution < 1.29 is 9.59 Å². The van der Waals surface area contributed by atoms with Crippen LogP contribution in [-0.4, -0.2) is 43.8 Å². The number of rotatable bonds is 9. The van der Waals surface area contributed by atoms with Gasteiger partial charge in [-0.3, -0.25) is 14.5 Å². The van der Waals surface area contributed by atoms with E-state index in [-0.39, 0.29) is 11.9 Å². The van der Waals surface area contributed by atoms with E-state index in [4.69, 9.17) is 0 Å². The van der Waals surface area contributed by atoms with Crippen molar-refractivity contribution in [3.8, 4) is 0 Å². The Morgan fingerprint density at radius 2 is 2.06 bits per heavy atom. The molecule has 0 aliphatic carbocycles. The molecule has 0 aliphatic rings. The summed E-state index contributed by atoms with van der Waals surface area (Å²) in [5.41, 5.74) is 1.08. The monoisotopic (exact) mass is 250 g/mol. The minimum absolute atomic E-state index is 0.00591. The Balaban J connectivity index is 4.34. The summed E-state index contributed by atoms with van der Waals surface area (Å²) in [5, 5.41) is 2.58. The van der Waals surface area contributed by atoms with Gasteiger partial charge in [0.2, 0.25) is 5.91 Å². The first kappa shape index (κ1) is 16.3. The largest absolute Gasteiger partial charge is 0.359 e. The lowest BCUT2D eigenvalue weighted by Crippen LogP contribution is -2.33. The number of carbonyl (C=O) groups excluding carboxylic acids is 2. The van der Waals surface area contributed by atoms with Crippen molar-refractivity contribution in [3.05, 3.63) is 37.0 Å². The quantitative estimate of drug-likeness (QED) is 0.290. The van der Waals surface area contributed by atoms with Crippen LogP contribution in [0.2, 0.25) is 0 Å². The first-order valence-corrected chi connectivity index (χ1v) is 5.81. The third kappa shape index (κ3) is 5.59. The maximum Gasteiger partial charge on any atom is 0.219 e. The van der Waals surface area contributed by atoms with E-state index < -0.39 is 0 Å². The Morgan fingerprint density at radius 1 is 1.44 bits per heavy atom. The van der Waals surface area contributed by atoms with Gasteiger partial charge in [0.15, 0.2) is 0 Å². The molecule has 0 saturated heterocycles. The van der Waals surface area contributed by atoms with E-state index in [1.54, 1.807) is 13.1 Å². The van der Waals surface area contributed by atoms with Crippen LogP contribution in [0.5, 0.6) is 0 Å². The Hall–Kier alpha value is -1.68. The normalized spacial score (nSPS) is 11.7. The zero-order valence-electron chi connectivity index (χ0n) is 11.2. The molecule has 0 aromatic heterocycles. The summed E-state index contributed by atoms with van der Waals surface area (Å²) in [5.74, 6) is 0.00591. The fourth-order valence-corrected chi connectivity index (χ4v) is 1.53. The molecule has 0 bridgehead atoms. The van der Waals surface area contributed by atoms with E-state index >= 15 is 0 Å². The number of hydrogen-bond donors (Lipinski definition) is 1. The molecule has 0 saturated carbocycles. The second kappa shape index (κ2) is 8.42. The van der Waals surface area contributed by atoms with Gasteiger partial charge in [-0.2, -0.15) is 0 Å². The standard InChI is InChI=1S/C14H22N2O2/c1-6-13(7-8-14(18)15-4)16(5)9-11(2)12(3)10-17/h6,10,13H,1-3,7-9H2,4-5H3,(H,15,18). The molecule has 0 aromatic rings.